The fourth-order valence-electron chi connectivity index (χ4n) is 2.69. The molecule has 4 heteroatoms. The quantitative estimate of drug-likeness (QED) is 0.750. The van der Waals surface area contributed by atoms with E-state index in [4.69, 9.17) is 14.6 Å². The Hall–Kier alpha value is -1.58. The summed E-state index contributed by atoms with van der Waals surface area (Å²) in [6, 6.07) is 6.31. The molecule has 1 heterocycles. The highest BCUT2D eigenvalue weighted by atomic mass is 16.5. The summed E-state index contributed by atoms with van der Waals surface area (Å²) < 4.78 is 13.1. The molecule has 0 N–H and O–H groups in total. The van der Waals surface area contributed by atoms with Crippen molar-refractivity contribution in [3.63, 3.8) is 0 Å². The maximum absolute atomic E-state index is 5.77. The first kappa shape index (κ1) is 11.5. The summed E-state index contributed by atoms with van der Waals surface area (Å²) >= 11 is 0. The van der Waals surface area contributed by atoms with Crippen LogP contribution in [0.4, 0.5) is 5.69 Å². The van der Waals surface area contributed by atoms with Gasteiger partial charge in [-0.1, -0.05) is 11.1 Å². The van der Waals surface area contributed by atoms with Crippen molar-refractivity contribution in [3.8, 4) is 11.5 Å². The first-order valence-corrected chi connectivity index (χ1v) is 6.66. The van der Waals surface area contributed by atoms with E-state index in [0.717, 1.165) is 17.2 Å². The number of nitrogens with zero attached hydrogens (tertiary/aromatic N) is 2. The third kappa shape index (κ3) is 2.19. The van der Waals surface area contributed by atoms with Gasteiger partial charge in [-0.05, 0) is 25.0 Å². The number of benzene rings is 1. The van der Waals surface area contributed by atoms with Crippen LogP contribution >= 0.6 is 0 Å². The molecule has 18 heavy (non-hydrogen) atoms. The van der Waals surface area contributed by atoms with Gasteiger partial charge in [0, 0.05) is 24.0 Å². The van der Waals surface area contributed by atoms with Gasteiger partial charge < -0.3 is 9.47 Å². The van der Waals surface area contributed by atoms with Crippen molar-refractivity contribution in [2.24, 2.45) is 5.11 Å². The maximum Gasteiger partial charge on any atom is 0.311 e. The van der Waals surface area contributed by atoms with Gasteiger partial charge in [0.05, 0.1) is 7.11 Å². The molecule has 1 fully saturated rings. The van der Waals surface area contributed by atoms with Crippen LogP contribution in [0.15, 0.2) is 23.3 Å². The summed E-state index contributed by atoms with van der Waals surface area (Å²) in [5, 5.41) is 4.71. The second-order valence-electron chi connectivity index (χ2n) is 4.94. The Bertz CT molecular complexity index is 465. The van der Waals surface area contributed by atoms with Crippen LogP contribution < -0.4 is 9.47 Å². The van der Waals surface area contributed by atoms with Gasteiger partial charge in [-0.25, -0.2) is 0 Å². The SMILES string of the molecule is COc1ccc2c(c1)N=[N+](C1CCCCC1)CO2. The van der Waals surface area contributed by atoms with Crippen LogP contribution in [0, 0.1) is 0 Å². The van der Waals surface area contributed by atoms with Crippen LogP contribution in [0.2, 0.25) is 0 Å². The summed E-state index contributed by atoms with van der Waals surface area (Å²) in [6.07, 6.45) is 6.43. The Morgan fingerprint density at radius 3 is 2.89 bits per heavy atom. The van der Waals surface area contributed by atoms with Gasteiger partial charge in [-0.3, -0.25) is 0 Å². The molecule has 0 amide bonds. The molecule has 0 saturated heterocycles. The number of fused-ring (bicyclic) bond motifs is 1. The third-order valence-electron chi connectivity index (χ3n) is 3.75. The summed E-state index contributed by atoms with van der Waals surface area (Å²) in [5.74, 6) is 1.68. The van der Waals surface area contributed by atoms with Crippen molar-refractivity contribution in [1.29, 1.82) is 0 Å². The fourth-order valence-corrected chi connectivity index (χ4v) is 2.69. The lowest BCUT2D eigenvalue weighted by Gasteiger charge is -2.20. The zero-order valence-electron chi connectivity index (χ0n) is 10.8. The predicted octanol–water partition coefficient (Wildman–Crippen LogP) is 3.47. The topological polar surface area (TPSA) is 33.8 Å². The largest absolute Gasteiger partial charge is 0.497 e. The van der Waals surface area contributed by atoms with Crippen LogP contribution in [0.3, 0.4) is 0 Å². The second-order valence-corrected chi connectivity index (χ2v) is 4.94. The Labute approximate surface area is 107 Å². The van der Waals surface area contributed by atoms with Crippen LogP contribution in [-0.2, 0) is 0 Å². The number of hydrogen-bond acceptors (Lipinski definition) is 3. The zero-order chi connectivity index (χ0) is 12.4. The van der Waals surface area contributed by atoms with Crippen molar-refractivity contribution in [3.05, 3.63) is 18.2 Å². The molecule has 0 unspecified atom stereocenters. The molecule has 1 saturated carbocycles. The molecule has 1 aromatic rings. The van der Waals surface area contributed by atoms with E-state index in [9.17, 15) is 0 Å². The smallest absolute Gasteiger partial charge is 0.311 e. The Balaban J connectivity index is 1.86. The molecule has 1 aliphatic carbocycles. The van der Waals surface area contributed by atoms with Gasteiger partial charge in [0.1, 0.15) is 5.75 Å². The molecule has 4 nitrogen and oxygen atoms in total. The van der Waals surface area contributed by atoms with E-state index in [1.807, 2.05) is 18.2 Å². The third-order valence-corrected chi connectivity index (χ3v) is 3.75. The lowest BCUT2D eigenvalue weighted by atomic mass is 9.95. The van der Waals surface area contributed by atoms with Crippen molar-refractivity contribution >= 4 is 5.69 Å². The molecule has 0 aromatic heterocycles. The first-order chi connectivity index (χ1) is 8.86. The zero-order valence-corrected chi connectivity index (χ0v) is 10.8. The summed E-state index contributed by atoms with van der Waals surface area (Å²) in [5.41, 5.74) is 0.881. The van der Waals surface area contributed by atoms with E-state index in [1.165, 1.54) is 32.1 Å². The molecule has 2 aliphatic rings. The number of azo groups is 2. The molecule has 0 bridgehead atoms. The van der Waals surface area contributed by atoms with E-state index < -0.39 is 0 Å². The maximum atomic E-state index is 5.77. The van der Waals surface area contributed by atoms with Crippen LogP contribution in [0.25, 0.3) is 0 Å². The standard InChI is InChI=1S/C14H19N2O2/c1-17-12-7-8-14-13(9-12)15-16(10-18-14)11-5-3-2-4-6-11/h7-9,11H,2-6,10H2,1H3/q+1. The van der Waals surface area contributed by atoms with E-state index in [-0.39, 0.29) is 0 Å². The number of methoxy groups -OCH3 is 1. The minimum Gasteiger partial charge on any atom is -0.497 e. The van der Waals surface area contributed by atoms with Gasteiger partial charge in [-0.15, -0.1) is 0 Å². The normalized spacial score (nSPS) is 19.7. The second kappa shape index (κ2) is 4.96. The molecule has 0 radical (unpaired) electrons. The molecular formula is C14H19N2O2+. The number of hydrogen-bond donors (Lipinski definition) is 0. The highest BCUT2D eigenvalue weighted by molar-refractivity contribution is 5.55. The highest BCUT2D eigenvalue weighted by Gasteiger charge is 2.29. The van der Waals surface area contributed by atoms with Gasteiger partial charge in [0.15, 0.2) is 17.5 Å². The van der Waals surface area contributed by atoms with Crippen molar-refractivity contribution < 1.29 is 14.2 Å². The number of rotatable bonds is 2. The van der Waals surface area contributed by atoms with Crippen LogP contribution in [0.1, 0.15) is 32.1 Å². The first-order valence-electron chi connectivity index (χ1n) is 6.66. The van der Waals surface area contributed by atoms with E-state index in [1.54, 1.807) is 7.11 Å². The molecule has 1 aromatic carbocycles. The van der Waals surface area contributed by atoms with Gasteiger partial charge in [0.2, 0.25) is 0 Å². The number of ether oxygens (including phenoxy) is 2. The molecule has 96 valence electrons. The molecule has 3 rings (SSSR count). The average Bonchev–Trinajstić information content (AvgIpc) is 2.47. The lowest BCUT2D eigenvalue weighted by Crippen LogP contribution is -2.31. The highest BCUT2D eigenvalue weighted by Crippen LogP contribution is 2.35. The summed E-state index contributed by atoms with van der Waals surface area (Å²) in [6.45, 7) is 0.573. The minimum absolute atomic E-state index is 0.540. The monoisotopic (exact) mass is 247 g/mol. The Morgan fingerprint density at radius 2 is 2.11 bits per heavy atom. The van der Waals surface area contributed by atoms with E-state index in [0.29, 0.717) is 12.8 Å². The van der Waals surface area contributed by atoms with Gasteiger partial charge >= 0.3 is 6.73 Å². The van der Waals surface area contributed by atoms with E-state index in [2.05, 4.69) is 4.70 Å². The van der Waals surface area contributed by atoms with E-state index >= 15 is 0 Å². The van der Waals surface area contributed by atoms with Crippen molar-refractivity contribution in [2.45, 2.75) is 38.1 Å². The average molecular weight is 247 g/mol. The summed E-state index contributed by atoms with van der Waals surface area (Å²) in [7, 11) is 1.67. The minimum atomic E-state index is 0.540. The molecule has 0 spiro atoms. The molecule has 1 aliphatic heterocycles. The Morgan fingerprint density at radius 1 is 1.28 bits per heavy atom. The van der Waals surface area contributed by atoms with Crippen molar-refractivity contribution in [1.82, 2.24) is 0 Å². The van der Waals surface area contributed by atoms with Gasteiger partial charge in [0.25, 0.3) is 0 Å². The fraction of sp³-hybridized carbons (Fsp3) is 0.571. The predicted molar refractivity (Wildman–Crippen MR) is 67.7 cm³/mol. The molecule has 0 atom stereocenters. The summed E-state index contributed by atoms with van der Waals surface area (Å²) in [4.78, 5) is 0. The molecular weight excluding hydrogens is 228 g/mol. The van der Waals surface area contributed by atoms with Crippen LogP contribution in [0.5, 0.6) is 11.5 Å². The lowest BCUT2D eigenvalue weighted by molar-refractivity contribution is -0.654. The van der Waals surface area contributed by atoms with Crippen LogP contribution in [-0.4, -0.2) is 24.6 Å². The Kier molecular flexibility index (Phi) is 3.17. The van der Waals surface area contributed by atoms with Crippen molar-refractivity contribution in [2.75, 3.05) is 13.8 Å². The van der Waals surface area contributed by atoms with Gasteiger partial charge in [-0.2, -0.15) is 0 Å².